The maximum absolute atomic E-state index is 13.0. The van der Waals surface area contributed by atoms with Crippen molar-refractivity contribution in [2.45, 2.75) is 31.6 Å². The van der Waals surface area contributed by atoms with Crippen molar-refractivity contribution in [3.8, 4) is 6.07 Å². The Hall–Kier alpha value is -3.06. The third-order valence-corrected chi connectivity index (χ3v) is 5.50. The highest BCUT2D eigenvalue weighted by Crippen LogP contribution is 2.30. The molecule has 0 atom stereocenters. The van der Waals surface area contributed by atoms with Gasteiger partial charge in [0, 0.05) is 18.4 Å². The number of halogens is 3. The van der Waals surface area contributed by atoms with Gasteiger partial charge in [-0.3, -0.25) is 9.20 Å². The molecule has 30 heavy (non-hydrogen) atoms. The van der Waals surface area contributed by atoms with Gasteiger partial charge in [-0.1, -0.05) is 17.8 Å². The normalized spacial score (nSPS) is 11.5. The lowest BCUT2D eigenvalue weighted by molar-refractivity contribution is -0.137. The molecule has 0 N–H and O–H groups in total. The van der Waals surface area contributed by atoms with Crippen LogP contribution in [0, 0.1) is 25.2 Å². The molecule has 3 rings (SSSR count). The molecule has 0 bridgehead atoms. The van der Waals surface area contributed by atoms with Crippen molar-refractivity contribution in [3.63, 3.8) is 0 Å². The summed E-state index contributed by atoms with van der Waals surface area (Å²) in [6.45, 7) is 4.11. The Labute approximate surface area is 175 Å². The Morgan fingerprint density at radius 3 is 2.63 bits per heavy atom. The summed E-state index contributed by atoms with van der Waals surface area (Å²) in [5, 5.41) is 16.9. The Morgan fingerprint density at radius 1 is 1.20 bits per heavy atom. The number of aryl methyl sites for hydroxylation is 2. The van der Waals surface area contributed by atoms with E-state index in [9.17, 15) is 18.0 Å². The van der Waals surface area contributed by atoms with Gasteiger partial charge in [-0.25, -0.2) is 0 Å². The third kappa shape index (κ3) is 4.74. The third-order valence-electron chi connectivity index (χ3n) is 4.57. The minimum atomic E-state index is -4.49. The van der Waals surface area contributed by atoms with E-state index >= 15 is 0 Å². The molecule has 2 heterocycles. The minimum absolute atomic E-state index is 0.0601. The molecular formula is C20H18F3N5OS. The van der Waals surface area contributed by atoms with Crippen molar-refractivity contribution in [1.82, 2.24) is 14.6 Å². The van der Waals surface area contributed by atoms with Crippen LogP contribution in [0.1, 0.15) is 23.1 Å². The fraction of sp³-hybridized carbons (Fsp3) is 0.300. The maximum atomic E-state index is 13.0. The van der Waals surface area contributed by atoms with Crippen LogP contribution in [-0.4, -0.2) is 32.8 Å². The number of benzene rings is 1. The van der Waals surface area contributed by atoms with E-state index < -0.39 is 11.7 Å². The van der Waals surface area contributed by atoms with Crippen molar-refractivity contribution in [3.05, 3.63) is 53.2 Å². The summed E-state index contributed by atoms with van der Waals surface area (Å²) in [7, 11) is 0. The standard InChI is InChI=1S/C20H18F3N5OS/c1-13-4-6-16(10-14(13)2)27(9-3-8-24)18(29)12-30-19-26-25-17-7-5-15(11-28(17)19)20(21,22)23/h4-7,10-11H,3,9,12H2,1-2H3. The molecule has 0 fully saturated rings. The second-order valence-electron chi connectivity index (χ2n) is 6.64. The van der Waals surface area contributed by atoms with E-state index in [4.69, 9.17) is 5.26 Å². The number of aromatic nitrogens is 3. The lowest BCUT2D eigenvalue weighted by atomic mass is 10.1. The van der Waals surface area contributed by atoms with Gasteiger partial charge in [0.15, 0.2) is 10.8 Å². The zero-order valence-electron chi connectivity index (χ0n) is 16.3. The number of nitrogens with zero attached hydrogens (tertiary/aromatic N) is 5. The molecule has 0 unspecified atom stereocenters. The zero-order chi connectivity index (χ0) is 21.9. The second-order valence-corrected chi connectivity index (χ2v) is 7.58. The number of hydrogen-bond acceptors (Lipinski definition) is 5. The second kappa shape index (κ2) is 8.75. The Kier molecular flexibility index (Phi) is 6.31. The van der Waals surface area contributed by atoms with E-state index in [2.05, 4.69) is 10.2 Å². The zero-order valence-corrected chi connectivity index (χ0v) is 17.1. The van der Waals surface area contributed by atoms with Gasteiger partial charge in [-0.05, 0) is 49.2 Å². The van der Waals surface area contributed by atoms with E-state index in [1.54, 1.807) is 0 Å². The summed E-state index contributed by atoms with van der Waals surface area (Å²) in [6, 6.07) is 9.78. The van der Waals surface area contributed by atoms with Gasteiger partial charge in [0.05, 0.1) is 23.8 Å². The average Bonchev–Trinajstić information content (AvgIpc) is 3.11. The molecule has 0 saturated heterocycles. The Morgan fingerprint density at radius 2 is 1.97 bits per heavy atom. The molecule has 156 valence electrons. The minimum Gasteiger partial charge on any atom is -0.311 e. The number of nitriles is 1. The molecule has 0 aliphatic heterocycles. The van der Waals surface area contributed by atoms with Crippen molar-refractivity contribution in [2.24, 2.45) is 0 Å². The van der Waals surface area contributed by atoms with Crippen LogP contribution >= 0.6 is 11.8 Å². The van der Waals surface area contributed by atoms with Gasteiger partial charge < -0.3 is 4.90 Å². The summed E-state index contributed by atoms with van der Waals surface area (Å²) in [5.74, 6) is -0.336. The summed E-state index contributed by atoms with van der Waals surface area (Å²) in [4.78, 5) is 14.4. The first-order valence-corrected chi connectivity index (χ1v) is 9.98. The maximum Gasteiger partial charge on any atom is 0.417 e. The molecule has 10 heteroatoms. The molecule has 1 amide bonds. The molecular weight excluding hydrogens is 415 g/mol. The van der Waals surface area contributed by atoms with Crippen molar-refractivity contribution in [2.75, 3.05) is 17.2 Å². The predicted molar refractivity (Wildman–Crippen MR) is 107 cm³/mol. The van der Waals surface area contributed by atoms with Crippen LogP contribution in [0.2, 0.25) is 0 Å². The summed E-state index contributed by atoms with van der Waals surface area (Å²) in [6.07, 6.45) is -3.42. The van der Waals surface area contributed by atoms with Crippen molar-refractivity contribution >= 4 is 29.0 Å². The van der Waals surface area contributed by atoms with Crippen LogP contribution in [0.25, 0.3) is 5.65 Å². The first kappa shape index (κ1) is 21.6. The van der Waals surface area contributed by atoms with Gasteiger partial charge in [0.2, 0.25) is 5.91 Å². The fourth-order valence-electron chi connectivity index (χ4n) is 2.79. The molecule has 0 saturated carbocycles. The molecule has 2 aromatic heterocycles. The Balaban J connectivity index is 1.81. The summed E-state index contributed by atoms with van der Waals surface area (Å²) < 4.78 is 40.2. The number of anilines is 1. The molecule has 0 spiro atoms. The highest BCUT2D eigenvalue weighted by Gasteiger charge is 2.31. The van der Waals surface area contributed by atoms with Gasteiger partial charge in [0.25, 0.3) is 0 Å². The average molecular weight is 433 g/mol. The first-order valence-electron chi connectivity index (χ1n) is 9.00. The van der Waals surface area contributed by atoms with Gasteiger partial charge in [0.1, 0.15) is 0 Å². The smallest absolute Gasteiger partial charge is 0.311 e. The van der Waals surface area contributed by atoms with E-state index in [1.807, 2.05) is 38.1 Å². The topological polar surface area (TPSA) is 74.3 Å². The molecule has 0 radical (unpaired) electrons. The summed E-state index contributed by atoms with van der Waals surface area (Å²) >= 11 is 0.996. The van der Waals surface area contributed by atoms with Crippen LogP contribution in [0.5, 0.6) is 0 Å². The van der Waals surface area contributed by atoms with E-state index in [-0.39, 0.29) is 35.4 Å². The van der Waals surface area contributed by atoms with Crippen LogP contribution in [0.3, 0.4) is 0 Å². The largest absolute Gasteiger partial charge is 0.417 e. The summed E-state index contributed by atoms with van der Waals surface area (Å²) in [5.41, 5.74) is 2.20. The number of carbonyl (C=O) groups is 1. The number of rotatable bonds is 6. The first-order chi connectivity index (χ1) is 14.2. The number of hydrogen-bond donors (Lipinski definition) is 0. The van der Waals surface area contributed by atoms with Gasteiger partial charge in [-0.15, -0.1) is 10.2 Å². The highest BCUT2D eigenvalue weighted by molar-refractivity contribution is 7.99. The van der Waals surface area contributed by atoms with Crippen LogP contribution in [0.4, 0.5) is 18.9 Å². The monoisotopic (exact) mass is 433 g/mol. The molecule has 0 aliphatic rings. The quantitative estimate of drug-likeness (QED) is 0.539. The molecule has 3 aromatic rings. The Bertz CT molecular complexity index is 1120. The number of carbonyl (C=O) groups excluding carboxylic acids is 1. The number of fused-ring (bicyclic) bond motifs is 1. The van der Waals surface area contributed by atoms with Crippen LogP contribution in [-0.2, 0) is 11.0 Å². The van der Waals surface area contributed by atoms with E-state index in [0.717, 1.165) is 35.2 Å². The van der Waals surface area contributed by atoms with E-state index in [0.29, 0.717) is 5.69 Å². The van der Waals surface area contributed by atoms with Crippen molar-refractivity contribution in [1.29, 1.82) is 5.26 Å². The van der Waals surface area contributed by atoms with Crippen LogP contribution < -0.4 is 4.90 Å². The van der Waals surface area contributed by atoms with Gasteiger partial charge >= 0.3 is 6.18 Å². The van der Waals surface area contributed by atoms with Crippen LogP contribution in [0.15, 0.2) is 41.7 Å². The number of amides is 1. The molecule has 6 nitrogen and oxygen atoms in total. The van der Waals surface area contributed by atoms with Gasteiger partial charge in [-0.2, -0.15) is 18.4 Å². The SMILES string of the molecule is Cc1ccc(N(CCC#N)C(=O)CSc2nnc3ccc(C(F)(F)F)cn23)cc1C. The fourth-order valence-corrected chi connectivity index (χ4v) is 3.59. The number of pyridine rings is 1. The molecule has 0 aliphatic carbocycles. The lowest BCUT2D eigenvalue weighted by Gasteiger charge is -2.22. The molecule has 1 aromatic carbocycles. The van der Waals surface area contributed by atoms with Crippen molar-refractivity contribution < 1.29 is 18.0 Å². The number of thioether (sulfide) groups is 1. The lowest BCUT2D eigenvalue weighted by Crippen LogP contribution is -2.33. The number of alkyl halides is 3. The van der Waals surface area contributed by atoms with E-state index in [1.165, 1.54) is 15.4 Å². The predicted octanol–water partition coefficient (Wildman–Crippen LogP) is 4.40. The highest BCUT2D eigenvalue weighted by atomic mass is 32.2.